The second-order valence-corrected chi connectivity index (χ2v) is 7.62. The molecule has 0 unspecified atom stereocenters. The monoisotopic (exact) mass is 347 g/mol. The summed E-state index contributed by atoms with van der Waals surface area (Å²) in [7, 11) is 0. The summed E-state index contributed by atoms with van der Waals surface area (Å²) >= 11 is 8.17. The summed E-state index contributed by atoms with van der Waals surface area (Å²) in [6.07, 6.45) is 6.34. The molecule has 0 bridgehead atoms. The van der Waals surface area contributed by atoms with Gasteiger partial charge in [0.2, 0.25) is 5.91 Å². The van der Waals surface area contributed by atoms with Crippen LogP contribution >= 0.6 is 22.9 Å². The van der Waals surface area contributed by atoms with Crippen LogP contribution in [0.25, 0.3) is 10.4 Å². The van der Waals surface area contributed by atoms with Gasteiger partial charge in [-0.2, -0.15) is 0 Å². The van der Waals surface area contributed by atoms with Crippen LogP contribution in [-0.4, -0.2) is 30.5 Å². The first-order valence-electron chi connectivity index (χ1n) is 7.90. The molecule has 4 nitrogen and oxygen atoms in total. The van der Waals surface area contributed by atoms with E-state index in [1.165, 1.54) is 4.88 Å². The Bertz CT molecular complexity index is 723. The lowest BCUT2D eigenvalue weighted by atomic mass is 9.77. The Balaban J connectivity index is 1.64. The highest BCUT2D eigenvalue weighted by atomic mass is 35.5. The molecular weight excluding hydrogens is 330 g/mol. The molecule has 2 aliphatic heterocycles. The van der Waals surface area contributed by atoms with Crippen molar-refractivity contribution in [1.29, 1.82) is 0 Å². The van der Waals surface area contributed by atoms with Crippen LogP contribution in [0.4, 0.5) is 5.69 Å². The average Bonchev–Trinajstić information content (AvgIpc) is 3.20. The third-order valence-corrected chi connectivity index (χ3v) is 6.25. The van der Waals surface area contributed by atoms with Gasteiger partial charge in [-0.1, -0.05) is 17.7 Å². The van der Waals surface area contributed by atoms with E-state index in [4.69, 9.17) is 11.6 Å². The van der Waals surface area contributed by atoms with Gasteiger partial charge in [-0.3, -0.25) is 9.78 Å². The van der Waals surface area contributed by atoms with E-state index < -0.39 is 0 Å². The van der Waals surface area contributed by atoms with Crippen LogP contribution in [0.1, 0.15) is 19.3 Å². The van der Waals surface area contributed by atoms with Crippen LogP contribution in [0.15, 0.2) is 29.9 Å². The third kappa shape index (κ3) is 2.52. The van der Waals surface area contributed by atoms with Crippen molar-refractivity contribution in [3.8, 4) is 10.4 Å². The first kappa shape index (κ1) is 15.0. The number of aromatic nitrogens is 1. The Morgan fingerprint density at radius 2 is 2.09 bits per heavy atom. The van der Waals surface area contributed by atoms with E-state index in [9.17, 15) is 4.79 Å². The van der Waals surface area contributed by atoms with E-state index in [-0.39, 0.29) is 11.3 Å². The minimum absolute atomic E-state index is 0.154. The van der Waals surface area contributed by atoms with Crippen molar-refractivity contribution in [3.63, 3.8) is 0 Å². The smallest absolute Gasteiger partial charge is 0.226 e. The summed E-state index contributed by atoms with van der Waals surface area (Å²) < 4.78 is 0. The summed E-state index contributed by atoms with van der Waals surface area (Å²) in [5.41, 5.74) is 1.98. The molecule has 1 spiro atoms. The highest BCUT2D eigenvalue weighted by molar-refractivity contribution is 7.13. The number of hydrogen-bond acceptors (Lipinski definition) is 4. The molecule has 2 aromatic heterocycles. The van der Waals surface area contributed by atoms with Crippen molar-refractivity contribution in [2.24, 2.45) is 5.41 Å². The number of anilines is 1. The molecule has 0 saturated carbocycles. The Kier molecular flexibility index (Phi) is 3.77. The predicted octanol–water partition coefficient (Wildman–Crippen LogP) is 3.57. The van der Waals surface area contributed by atoms with E-state index in [2.05, 4.69) is 26.6 Å². The molecule has 2 fully saturated rings. The SMILES string of the molecule is O=C1NCCC12CCN(c1c(Cl)cncc1-c1cccs1)CC2. The number of thiophene rings is 1. The number of piperidine rings is 1. The minimum atomic E-state index is -0.154. The zero-order valence-corrected chi connectivity index (χ0v) is 14.3. The Hall–Kier alpha value is -1.59. The topological polar surface area (TPSA) is 45.2 Å². The Morgan fingerprint density at radius 3 is 2.74 bits per heavy atom. The molecule has 0 aromatic carbocycles. The second kappa shape index (κ2) is 5.80. The van der Waals surface area contributed by atoms with Crippen LogP contribution in [-0.2, 0) is 4.79 Å². The highest BCUT2D eigenvalue weighted by Gasteiger charge is 2.44. The Morgan fingerprint density at radius 1 is 1.26 bits per heavy atom. The largest absolute Gasteiger partial charge is 0.370 e. The molecule has 2 saturated heterocycles. The van der Waals surface area contributed by atoms with E-state index in [0.29, 0.717) is 5.02 Å². The number of nitrogens with zero attached hydrogens (tertiary/aromatic N) is 2. The lowest BCUT2D eigenvalue weighted by Gasteiger charge is -2.39. The summed E-state index contributed by atoms with van der Waals surface area (Å²) in [6, 6.07) is 4.14. The first-order chi connectivity index (χ1) is 11.2. The fraction of sp³-hybridized carbons (Fsp3) is 0.412. The zero-order valence-electron chi connectivity index (χ0n) is 12.7. The maximum atomic E-state index is 12.2. The maximum Gasteiger partial charge on any atom is 0.226 e. The standard InChI is InChI=1S/C17H18ClN3OS/c18-13-11-19-10-12(14-2-1-9-23-14)15(13)21-7-4-17(5-8-21)3-6-20-16(17)22/h1-2,9-11H,3-8H2,(H,20,22). The van der Waals surface area contributed by atoms with Gasteiger partial charge in [0, 0.05) is 42.5 Å². The summed E-state index contributed by atoms with van der Waals surface area (Å²) in [5, 5.41) is 5.73. The number of pyridine rings is 1. The first-order valence-corrected chi connectivity index (χ1v) is 9.16. The number of hydrogen-bond donors (Lipinski definition) is 1. The van der Waals surface area contributed by atoms with E-state index in [0.717, 1.165) is 50.1 Å². The number of carbonyl (C=O) groups is 1. The van der Waals surface area contributed by atoms with Gasteiger partial charge in [-0.25, -0.2) is 0 Å². The number of nitrogens with one attached hydrogen (secondary N) is 1. The van der Waals surface area contributed by atoms with Gasteiger partial charge >= 0.3 is 0 Å². The van der Waals surface area contributed by atoms with Gasteiger partial charge < -0.3 is 10.2 Å². The predicted molar refractivity (Wildman–Crippen MR) is 94.1 cm³/mol. The van der Waals surface area contributed by atoms with Gasteiger partial charge in [0.25, 0.3) is 0 Å². The molecule has 0 radical (unpaired) electrons. The Labute approximate surface area is 144 Å². The van der Waals surface area contributed by atoms with Crippen LogP contribution in [0.3, 0.4) is 0 Å². The highest BCUT2D eigenvalue weighted by Crippen LogP contribution is 2.43. The second-order valence-electron chi connectivity index (χ2n) is 6.27. The molecule has 6 heteroatoms. The average molecular weight is 348 g/mol. The van der Waals surface area contributed by atoms with Crippen LogP contribution < -0.4 is 10.2 Å². The van der Waals surface area contributed by atoms with Crippen LogP contribution in [0.2, 0.25) is 5.02 Å². The van der Waals surface area contributed by atoms with Gasteiger partial charge in [0.15, 0.2) is 0 Å². The number of amides is 1. The maximum absolute atomic E-state index is 12.2. The van der Waals surface area contributed by atoms with Gasteiger partial charge in [0.1, 0.15) is 0 Å². The zero-order chi connectivity index (χ0) is 15.9. The molecule has 2 aliphatic rings. The lowest BCUT2D eigenvalue weighted by Crippen LogP contribution is -2.44. The normalized spacial score (nSPS) is 20.0. The molecular formula is C17H18ClN3OS. The van der Waals surface area contributed by atoms with Crippen molar-refractivity contribution >= 4 is 34.5 Å². The molecule has 4 rings (SSSR count). The summed E-state index contributed by atoms with van der Waals surface area (Å²) in [6.45, 7) is 2.53. The number of halogens is 1. The van der Waals surface area contributed by atoms with Gasteiger partial charge in [-0.15, -0.1) is 11.3 Å². The lowest BCUT2D eigenvalue weighted by molar-refractivity contribution is -0.128. The molecule has 1 amide bonds. The van der Waals surface area contributed by atoms with E-state index in [1.807, 2.05) is 12.3 Å². The van der Waals surface area contributed by atoms with Crippen LogP contribution in [0, 0.1) is 5.41 Å². The summed E-state index contributed by atoms with van der Waals surface area (Å²) in [5.74, 6) is 0.233. The van der Waals surface area contributed by atoms with E-state index in [1.54, 1.807) is 17.5 Å². The molecule has 120 valence electrons. The van der Waals surface area contributed by atoms with Crippen molar-refractivity contribution < 1.29 is 4.79 Å². The van der Waals surface area contributed by atoms with Crippen LogP contribution in [0.5, 0.6) is 0 Å². The van der Waals surface area contributed by atoms with Crippen molar-refractivity contribution in [2.45, 2.75) is 19.3 Å². The fourth-order valence-corrected chi connectivity index (χ4v) is 4.73. The van der Waals surface area contributed by atoms with Crippen molar-refractivity contribution in [3.05, 3.63) is 34.9 Å². The van der Waals surface area contributed by atoms with Gasteiger partial charge in [0.05, 0.1) is 16.1 Å². The van der Waals surface area contributed by atoms with Crippen molar-refractivity contribution in [1.82, 2.24) is 10.3 Å². The molecule has 23 heavy (non-hydrogen) atoms. The molecule has 0 atom stereocenters. The minimum Gasteiger partial charge on any atom is -0.370 e. The van der Waals surface area contributed by atoms with Crippen molar-refractivity contribution in [2.75, 3.05) is 24.5 Å². The number of carbonyl (C=O) groups excluding carboxylic acids is 1. The van der Waals surface area contributed by atoms with Gasteiger partial charge in [-0.05, 0) is 30.7 Å². The number of rotatable bonds is 2. The molecule has 1 N–H and O–H groups in total. The van der Waals surface area contributed by atoms with E-state index >= 15 is 0 Å². The molecule has 2 aromatic rings. The summed E-state index contributed by atoms with van der Waals surface area (Å²) in [4.78, 5) is 19.9. The molecule has 4 heterocycles. The quantitative estimate of drug-likeness (QED) is 0.903. The molecule has 0 aliphatic carbocycles. The third-order valence-electron chi connectivity index (χ3n) is 5.07. The fourth-order valence-electron chi connectivity index (χ4n) is 3.71.